The van der Waals surface area contributed by atoms with Gasteiger partial charge >= 0.3 is 0 Å². The van der Waals surface area contributed by atoms with Crippen LogP contribution in [0.2, 0.25) is 0 Å². The van der Waals surface area contributed by atoms with E-state index in [9.17, 15) is 4.79 Å². The zero-order valence-electron chi connectivity index (χ0n) is 15.1. The Hall–Kier alpha value is -3.47. The molecule has 0 spiro atoms. The van der Waals surface area contributed by atoms with Crippen LogP contribution in [0.25, 0.3) is 0 Å². The summed E-state index contributed by atoms with van der Waals surface area (Å²) in [5.41, 5.74) is 2.89. The molecule has 0 radical (unpaired) electrons. The fourth-order valence-electron chi connectivity index (χ4n) is 2.57. The van der Waals surface area contributed by atoms with Crippen LogP contribution in [0.1, 0.15) is 5.56 Å². The summed E-state index contributed by atoms with van der Waals surface area (Å²) < 4.78 is 10.8. The van der Waals surface area contributed by atoms with Crippen molar-refractivity contribution < 1.29 is 14.3 Å². The highest BCUT2D eigenvalue weighted by atomic mass is 16.5. The van der Waals surface area contributed by atoms with Crippen LogP contribution in [-0.2, 0) is 11.3 Å². The lowest BCUT2D eigenvalue weighted by atomic mass is 10.2. The van der Waals surface area contributed by atoms with Gasteiger partial charge in [-0.05, 0) is 42.5 Å². The smallest absolute Gasteiger partial charge is 0.258 e. The fourth-order valence-corrected chi connectivity index (χ4v) is 2.57. The van der Waals surface area contributed by atoms with Gasteiger partial charge in [0.1, 0.15) is 11.5 Å². The van der Waals surface area contributed by atoms with E-state index in [0.29, 0.717) is 12.3 Å². The summed E-state index contributed by atoms with van der Waals surface area (Å²) in [5.74, 6) is 1.20. The monoisotopic (exact) mass is 362 g/mol. The molecule has 0 heterocycles. The van der Waals surface area contributed by atoms with Crippen molar-refractivity contribution in [2.75, 3.05) is 19.0 Å². The molecular weight excluding hydrogens is 340 g/mol. The Bertz CT molecular complexity index is 864. The van der Waals surface area contributed by atoms with Crippen LogP contribution in [0.15, 0.2) is 78.9 Å². The van der Waals surface area contributed by atoms with Crippen molar-refractivity contribution in [3.05, 3.63) is 84.4 Å². The third kappa shape index (κ3) is 5.51. The zero-order chi connectivity index (χ0) is 18.9. The van der Waals surface area contributed by atoms with Gasteiger partial charge in [0.25, 0.3) is 5.91 Å². The molecule has 0 saturated heterocycles. The van der Waals surface area contributed by atoms with E-state index in [-0.39, 0.29) is 12.5 Å². The summed E-state index contributed by atoms with van der Waals surface area (Å²) in [6.07, 6.45) is 0. The maximum atomic E-state index is 12.0. The van der Waals surface area contributed by atoms with Crippen LogP contribution in [0, 0.1) is 0 Å². The molecule has 5 nitrogen and oxygen atoms in total. The van der Waals surface area contributed by atoms with Gasteiger partial charge in [0.2, 0.25) is 0 Å². The number of carbonyl (C=O) groups is 1. The van der Waals surface area contributed by atoms with Crippen molar-refractivity contribution in [3.63, 3.8) is 0 Å². The topological polar surface area (TPSA) is 59.6 Å². The summed E-state index contributed by atoms with van der Waals surface area (Å²) in [7, 11) is 1.61. The largest absolute Gasteiger partial charge is 0.496 e. The third-order valence-corrected chi connectivity index (χ3v) is 3.96. The molecule has 138 valence electrons. The molecule has 3 aromatic carbocycles. The Morgan fingerprint density at radius 3 is 2.26 bits per heavy atom. The van der Waals surface area contributed by atoms with E-state index >= 15 is 0 Å². The van der Waals surface area contributed by atoms with E-state index in [4.69, 9.17) is 9.47 Å². The summed E-state index contributed by atoms with van der Waals surface area (Å²) in [4.78, 5) is 12.0. The van der Waals surface area contributed by atoms with Crippen LogP contribution in [0.4, 0.5) is 11.4 Å². The van der Waals surface area contributed by atoms with Crippen molar-refractivity contribution >= 4 is 17.3 Å². The van der Waals surface area contributed by atoms with Crippen molar-refractivity contribution in [2.24, 2.45) is 0 Å². The lowest BCUT2D eigenvalue weighted by Crippen LogP contribution is -2.28. The molecule has 0 fully saturated rings. The Balaban J connectivity index is 1.46. The third-order valence-electron chi connectivity index (χ3n) is 3.96. The van der Waals surface area contributed by atoms with Crippen LogP contribution in [-0.4, -0.2) is 19.6 Å². The summed E-state index contributed by atoms with van der Waals surface area (Å²) in [6, 6.07) is 25.0. The number of amides is 1. The average molecular weight is 362 g/mol. The molecule has 0 aromatic heterocycles. The second-order valence-electron chi connectivity index (χ2n) is 5.89. The number of rotatable bonds is 8. The molecule has 3 aromatic rings. The van der Waals surface area contributed by atoms with E-state index < -0.39 is 0 Å². The fraction of sp³-hybridized carbons (Fsp3) is 0.136. The van der Waals surface area contributed by atoms with E-state index in [1.807, 2.05) is 78.9 Å². The molecule has 0 unspecified atom stereocenters. The van der Waals surface area contributed by atoms with Crippen LogP contribution in [0.3, 0.4) is 0 Å². The number of anilines is 2. The first-order valence-electron chi connectivity index (χ1n) is 8.68. The van der Waals surface area contributed by atoms with Gasteiger partial charge in [0.05, 0.1) is 7.11 Å². The van der Waals surface area contributed by atoms with Gasteiger partial charge in [-0.25, -0.2) is 0 Å². The minimum Gasteiger partial charge on any atom is -0.496 e. The second kappa shape index (κ2) is 9.29. The SMILES string of the molecule is COc1ccccc1CNC(=O)COc1ccc(Nc2ccccc2)cc1. The lowest BCUT2D eigenvalue weighted by Gasteiger charge is -2.11. The van der Waals surface area contributed by atoms with Crippen LogP contribution < -0.4 is 20.1 Å². The minimum atomic E-state index is -0.188. The quantitative estimate of drug-likeness (QED) is 0.632. The van der Waals surface area contributed by atoms with E-state index in [2.05, 4.69) is 10.6 Å². The van der Waals surface area contributed by atoms with Gasteiger partial charge in [0, 0.05) is 23.5 Å². The molecular formula is C22H22N2O3. The predicted octanol–water partition coefficient (Wildman–Crippen LogP) is 4.13. The molecule has 2 N–H and O–H groups in total. The van der Waals surface area contributed by atoms with Gasteiger partial charge < -0.3 is 20.1 Å². The van der Waals surface area contributed by atoms with Gasteiger partial charge in [0.15, 0.2) is 6.61 Å². The number of ether oxygens (including phenoxy) is 2. The van der Waals surface area contributed by atoms with Crippen molar-refractivity contribution in [1.29, 1.82) is 0 Å². The number of hydrogen-bond acceptors (Lipinski definition) is 4. The summed E-state index contributed by atoms with van der Waals surface area (Å²) >= 11 is 0. The molecule has 0 bridgehead atoms. The normalized spacial score (nSPS) is 10.1. The highest BCUT2D eigenvalue weighted by molar-refractivity contribution is 5.77. The molecule has 0 aliphatic heterocycles. The minimum absolute atomic E-state index is 0.0411. The van der Waals surface area contributed by atoms with E-state index in [0.717, 1.165) is 22.7 Å². The van der Waals surface area contributed by atoms with Gasteiger partial charge in [-0.15, -0.1) is 0 Å². The number of nitrogens with one attached hydrogen (secondary N) is 2. The van der Waals surface area contributed by atoms with Crippen molar-refractivity contribution in [2.45, 2.75) is 6.54 Å². The average Bonchev–Trinajstić information content (AvgIpc) is 2.72. The molecule has 0 atom stereocenters. The first-order valence-corrected chi connectivity index (χ1v) is 8.68. The molecule has 0 aliphatic rings. The van der Waals surface area contributed by atoms with Crippen molar-refractivity contribution in [1.82, 2.24) is 5.32 Å². The first-order chi connectivity index (χ1) is 13.2. The maximum Gasteiger partial charge on any atom is 0.258 e. The zero-order valence-corrected chi connectivity index (χ0v) is 15.1. The first kappa shape index (κ1) is 18.3. The van der Waals surface area contributed by atoms with Crippen LogP contribution >= 0.6 is 0 Å². The highest BCUT2D eigenvalue weighted by Crippen LogP contribution is 2.20. The maximum absolute atomic E-state index is 12.0. The molecule has 27 heavy (non-hydrogen) atoms. The Kier molecular flexibility index (Phi) is 6.30. The van der Waals surface area contributed by atoms with Gasteiger partial charge in [-0.2, -0.15) is 0 Å². The number of benzene rings is 3. The molecule has 1 amide bonds. The summed E-state index contributed by atoms with van der Waals surface area (Å²) in [6.45, 7) is 0.354. The number of methoxy groups -OCH3 is 1. The summed E-state index contributed by atoms with van der Waals surface area (Å²) in [5, 5.41) is 6.13. The lowest BCUT2D eigenvalue weighted by molar-refractivity contribution is -0.123. The molecule has 3 rings (SSSR count). The van der Waals surface area contributed by atoms with E-state index in [1.165, 1.54) is 0 Å². The Labute approximate surface area is 158 Å². The number of para-hydroxylation sites is 2. The molecule has 5 heteroatoms. The van der Waals surface area contributed by atoms with Crippen LogP contribution in [0.5, 0.6) is 11.5 Å². The van der Waals surface area contributed by atoms with Gasteiger partial charge in [-0.1, -0.05) is 36.4 Å². The highest BCUT2D eigenvalue weighted by Gasteiger charge is 2.06. The van der Waals surface area contributed by atoms with Gasteiger partial charge in [-0.3, -0.25) is 4.79 Å². The number of carbonyl (C=O) groups excluding carboxylic acids is 1. The van der Waals surface area contributed by atoms with Crippen molar-refractivity contribution in [3.8, 4) is 11.5 Å². The molecule has 0 aliphatic carbocycles. The Morgan fingerprint density at radius 2 is 1.52 bits per heavy atom. The second-order valence-corrected chi connectivity index (χ2v) is 5.89. The molecule has 0 saturated carbocycles. The number of hydrogen-bond donors (Lipinski definition) is 2. The Morgan fingerprint density at radius 1 is 0.852 bits per heavy atom. The van der Waals surface area contributed by atoms with E-state index in [1.54, 1.807) is 7.11 Å². The standard InChI is InChI=1S/C22H22N2O3/c1-26-21-10-6-5-7-17(21)15-23-22(25)16-27-20-13-11-19(12-14-20)24-18-8-3-2-4-9-18/h2-14,24H,15-16H2,1H3,(H,23,25). The predicted molar refractivity (Wildman–Crippen MR) is 107 cm³/mol.